The number of carbonyl (C=O) groups is 1. The van der Waals surface area contributed by atoms with Gasteiger partial charge in [0.2, 0.25) is 17.7 Å². The number of amides is 1. The highest BCUT2D eigenvalue weighted by Crippen LogP contribution is 2.23. The fraction of sp³-hybridized carbons (Fsp3) is 0.250. The molecule has 4 rings (SSSR count). The number of carbonyl (C=O) groups excluding carboxylic acids is 1. The van der Waals surface area contributed by atoms with Crippen LogP contribution in [-0.2, 0) is 11.3 Å². The first-order chi connectivity index (χ1) is 18.2. The van der Waals surface area contributed by atoms with Crippen LogP contribution in [0.2, 0.25) is 0 Å². The van der Waals surface area contributed by atoms with Crippen LogP contribution in [-0.4, -0.2) is 45.2 Å². The summed E-state index contributed by atoms with van der Waals surface area (Å²) >= 11 is 1.51. The molecule has 198 valence electrons. The highest BCUT2D eigenvalue weighted by molar-refractivity contribution is 7.09. The summed E-state index contributed by atoms with van der Waals surface area (Å²) in [7, 11) is 0. The number of thiazole rings is 1. The predicted molar refractivity (Wildman–Crippen MR) is 150 cm³/mol. The second kappa shape index (κ2) is 13.4. The average Bonchev–Trinajstić information content (AvgIpc) is 3.59. The Kier molecular flexibility index (Phi) is 10.0. The lowest BCUT2D eigenvalue weighted by molar-refractivity contribution is 0.0752. The second-order valence-electron chi connectivity index (χ2n) is 8.58. The van der Waals surface area contributed by atoms with E-state index >= 15 is 0 Å². The van der Waals surface area contributed by atoms with Crippen molar-refractivity contribution in [3.05, 3.63) is 93.8 Å². The van der Waals surface area contributed by atoms with Crippen LogP contribution < -0.4 is 5.73 Å². The molecule has 4 N–H and O–H groups in total. The van der Waals surface area contributed by atoms with Crippen molar-refractivity contribution in [2.45, 2.75) is 40.3 Å². The minimum Gasteiger partial charge on any atom is -0.445 e. The molecule has 0 spiro atoms. The van der Waals surface area contributed by atoms with Crippen molar-refractivity contribution < 1.29 is 13.9 Å². The van der Waals surface area contributed by atoms with Crippen LogP contribution in [0.5, 0.6) is 0 Å². The molecule has 0 saturated carbocycles. The van der Waals surface area contributed by atoms with E-state index in [1.54, 1.807) is 30.0 Å². The van der Waals surface area contributed by atoms with Crippen molar-refractivity contribution >= 4 is 29.0 Å². The van der Waals surface area contributed by atoms with Crippen LogP contribution in [0, 0.1) is 24.7 Å². The maximum absolute atomic E-state index is 13.3. The van der Waals surface area contributed by atoms with Crippen molar-refractivity contribution in [2.24, 2.45) is 5.73 Å². The van der Waals surface area contributed by atoms with E-state index in [1.165, 1.54) is 29.4 Å². The predicted octanol–water partition coefficient (Wildman–Crippen LogP) is 5.43. The summed E-state index contributed by atoms with van der Waals surface area (Å²) in [5, 5.41) is 18.8. The first-order valence-corrected chi connectivity index (χ1v) is 12.9. The monoisotopic (exact) mass is 532 g/mol. The lowest BCUT2D eigenvalue weighted by Crippen LogP contribution is -2.31. The third kappa shape index (κ3) is 7.92. The van der Waals surface area contributed by atoms with E-state index in [-0.39, 0.29) is 17.7 Å². The molecule has 0 aliphatic rings. The molecule has 0 radical (unpaired) electrons. The Balaban J connectivity index is 0.000000494. The number of benzene rings is 2. The van der Waals surface area contributed by atoms with Gasteiger partial charge in [-0.1, -0.05) is 35.9 Å². The molecular formula is C28H32N6O3S. The molecule has 38 heavy (non-hydrogen) atoms. The molecule has 4 aromatic rings. The third-order valence-electron chi connectivity index (χ3n) is 5.35. The Morgan fingerprint density at radius 3 is 2.39 bits per heavy atom. The molecule has 10 heteroatoms. The number of hydrogen-bond donors (Lipinski definition) is 3. The average molecular weight is 533 g/mol. The molecule has 0 bridgehead atoms. The van der Waals surface area contributed by atoms with Gasteiger partial charge < -0.3 is 19.8 Å². The first-order valence-electron chi connectivity index (χ1n) is 12.1. The summed E-state index contributed by atoms with van der Waals surface area (Å²) in [4.78, 5) is 23.5. The Labute approximate surface area is 226 Å². The lowest BCUT2D eigenvalue weighted by atomic mass is 10.0. The molecule has 0 aliphatic carbocycles. The molecule has 1 amide bonds. The number of ether oxygens (including phenoxy) is 1. The van der Waals surface area contributed by atoms with Crippen molar-refractivity contribution in [1.29, 1.82) is 10.8 Å². The fourth-order valence-electron chi connectivity index (χ4n) is 3.32. The van der Waals surface area contributed by atoms with Crippen molar-refractivity contribution in [3.63, 3.8) is 0 Å². The number of nitrogens with one attached hydrogen (secondary N) is 2. The molecule has 9 nitrogen and oxygen atoms in total. The van der Waals surface area contributed by atoms with Crippen LogP contribution in [0.4, 0.5) is 0 Å². The van der Waals surface area contributed by atoms with Gasteiger partial charge in [-0.15, -0.1) is 11.3 Å². The molecular weight excluding hydrogens is 500 g/mol. The van der Waals surface area contributed by atoms with Gasteiger partial charge in [0.25, 0.3) is 5.91 Å². The maximum Gasteiger partial charge on any atom is 0.254 e. The normalized spacial score (nSPS) is 11.2. The summed E-state index contributed by atoms with van der Waals surface area (Å²) in [5.74, 6) is -0.443. The van der Waals surface area contributed by atoms with Crippen LogP contribution in [0.1, 0.15) is 46.0 Å². The Hall–Kier alpha value is -4.15. The highest BCUT2D eigenvalue weighted by Gasteiger charge is 2.21. The number of hydrogen-bond acceptors (Lipinski definition) is 9. The van der Waals surface area contributed by atoms with Crippen LogP contribution in [0.15, 0.2) is 70.8 Å². The molecule has 2 aromatic carbocycles. The van der Waals surface area contributed by atoms with Crippen molar-refractivity contribution in [2.75, 3.05) is 6.54 Å². The molecule has 1 unspecified atom stereocenters. The molecule has 0 aliphatic heterocycles. The lowest BCUT2D eigenvalue weighted by Gasteiger charge is -2.20. The minimum absolute atomic E-state index is 0.222. The van der Waals surface area contributed by atoms with Crippen LogP contribution in [0.25, 0.3) is 11.5 Å². The summed E-state index contributed by atoms with van der Waals surface area (Å²) in [6, 6.07) is 14.4. The molecule has 2 heterocycles. The van der Waals surface area contributed by atoms with Gasteiger partial charge in [0, 0.05) is 34.3 Å². The van der Waals surface area contributed by atoms with E-state index < -0.39 is 6.04 Å². The largest absolute Gasteiger partial charge is 0.445 e. The van der Waals surface area contributed by atoms with Gasteiger partial charge in [0.15, 0.2) is 0 Å². The van der Waals surface area contributed by atoms with Gasteiger partial charge in [-0.3, -0.25) is 15.6 Å². The van der Waals surface area contributed by atoms with Gasteiger partial charge in [-0.05, 0) is 45.9 Å². The zero-order valence-corrected chi connectivity index (χ0v) is 22.7. The first kappa shape index (κ1) is 28.4. The van der Waals surface area contributed by atoms with Gasteiger partial charge in [-0.2, -0.15) is 0 Å². The quantitative estimate of drug-likeness (QED) is 0.214. The Bertz CT molecular complexity index is 1370. The van der Waals surface area contributed by atoms with E-state index in [1.807, 2.05) is 37.4 Å². The summed E-state index contributed by atoms with van der Waals surface area (Å²) in [5.41, 5.74) is 9.06. The van der Waals surface area contributed by atoms with Gasteiger partial charge in [0.1, 0.15) is 11.3 Å². The Morgan fingerprint density at radius 2 is 1.87 bits per heavy atom. The van der Waals surface area contributed by atoms with Gasteiger partial charge in [0.05, 0.1) is 18.8 Å². The standard InChI is InChI=1S/C21H24N6O3S.C7H8/c1-4-27(10-17-26-12(2)11-31-17)21(28)16-8-14(19(24)30-18(23)13(3)22)7-15(9-16)20-25-5-6-29-20;1-7-5-3-2-4-6-7/h5-9,11,13,23-24H,4,10,22H2,1-3H3;2-6H,1H3. The summed E-state index contributed by atoms with van der Waals surface area (Å²) in [6.07, 6.45) is 2.93. The maximum atomic E-state index is 13.3. The van der Waals surface area contributed by atoms with Crippen LogP contribution in [0.3, 0.4) is 0 Å². The van der Waals surface area contributed by atoms with Crippen molar-refractivity contribution in [1.82, 2.24) is 14.9 Å². The van der Waals surface area contributed by atoms with Gasteiger partial charge >= 0.3 is 0 Å². The zero-order valence-electron chi connectivity index (χ0n) is 21.9. The van der Waals surface area contributed by atoms with E-state index in [9.17, 15) is 4.79 Å². The second-order valence-corrected chi connectivity index (χ2v) is 9.52. The minimum atomic E-state index is -0.659. The number of rotatable bonds is 7. The fourth-order valence-corrected chi connectivity index (χ4v) is 4.10. The topological polar surface area (TPSA) is 142 Å². The molecule has 1 atom stereocenters. The number of oxazole rings is 1. The van der Waals surface area contributed by atoms with E-state index in [0.717, 1.165) is 10.7 Å². The summed E-state index contributed by atoms with van der Waals surface area (Å²) < 4.78 is 10.6. The summed E-state index contributed by atoms with van der Waals surface area (Å²) in [6.45, 7) is 8.35. The third-order valence-corrected chi connectivity index (χ3v) is 6.30. The smallest absolute Gasteiger partial charge is 0.254 e. The molecule has 2 aromatic heterocycles. The van der Waals surface area contributed by atoms with E-state index in [4.69, 9.17) is 25.7 Å². The number of nitrogens with zero attached hydrogens (tertiary/aromatic N) is 3. The van der Waals surface area contributed by atoms with Crippen molar-refractivity contribution in [3.8, 4) is 11.5 Å². The zero-order chi connectivity index (χ0) is 27.7. The Morgan fingerprint density at radius 1 is 1.16 bits per heavy atom. The van der Waals surface area contributed by atoms with E-state index in [0.29, 0.717) is 35.7 Å². The number of nitrogens with two attached hydrogens (primary N) is 1. The van der Waals surface area contributed by atoms with Crippen LogP contribution >= 0.6 is 11.3 Å². The number of aryl methyl sites for hydroxylation is 2. The highest BCUT2D eigenvalue weighted by atomic mass is 32.1. The molecule has 0 fully saturated rings. The SMILES string of the molecule is CCN(Cc1nc(C)cs1)C(=O)c1cc(C(=N)OC(=N)C(C)N)cc(-c2ncco2)c1.Cc1ccccc1. The van der Waals surface area contributed by atoms with Gasteiger partial charge in [-0.25, -0.2) is 9.97 Å². The van der Waals surface area contributed by atoms with E-state index in [2.05, 4.69) is 29.0 Å². The number of aromatic nitrogens is 2. The molecule has 0 saturated heterocycles.